The highest BCUT2D eigenvalue weighted by atomic mass is 35.5. The maximum atomic E-state index is 13.5. The average molecular weight is 767 g/mol. The van der Waals surface area contributed by atoms with Crippen molar-refractivity contribution in [2.45, 2.75) is 46.1 Å². The number of halogens is 4. The molecule has 5 aromatic rings. The van der Waals surface area contributed by atoms with Gasteiger partial charge in [0.1, 0.15) is 11.7 Å². The molecule has 0 saturated heterocycles. The van der Waals surface area contributed by atoms with Crippen LogP contribution in [0.15, 0.2) is 54.6 Å². The number of hydrogen-bond donors (Lipinski definition) is 3. The minimum Gasteiger partial charge on any atom is -0.379 e. The fraction of sp³-hybridized carbons (Fsp3) is 0.297. The summed E-state index contributed by atoms with van der Waals surface area (Å²) >= 11 is 25.1. The summed E-state index contributed by atoms with van der Waals surface area (Å²) in [4.78, 5) is 47.9. The van der Waals surface area contributed by atoms with Gasteiger partial charge >= 0.3 is 0 Å². The van der Waals surface area contributed by atoms with Crippen LogP contribution in [0, 0.1) is 0 Å². The van der Waals surface area contributed by atoms with Crippen LogP contribution in [0.2, 0.25) is 20.1 Å². The van der Waals surface area contributed by atoms with Crippen LogP contribution in [-0.4, -0.2) is 62.6 Å². The first-order valence-electron chi connectivity index (χ1n) is 16.8. The standard InChI is InChI=1S/C37H36Cl4N8O2/c1-4-25-46-36(42-17-8-18-49(5-2)6-3)48-37(47-25)44-22-14-11-20(12-15-22)19-43-24-10-7-9-21-13-16-23(45-33(21)24)26-34(50)27-28(35(26)51)30(39)32(41)31(40)29(27)38/h7,9-16,26,43H,4-6,8,17-19H2,1-3H3,(H2,42,44,46,47,48). The molecular formula is C37H36Cl4N8O2. The summed E-state index contributed by atoms with van der Waals surface area (Å²) in [6.45, 7) is 10.7. The molecule has 2 aromatic heterocycles. The molecule has 0 aliphatic heterocycles. The molecule has 51 heavy (non-hydrogen) atoms. The topological polar surface area (TPSA) is 125 Å². The predicted molar refractivity (Wildman–Crippen MR) is 207 cm³/mol. The van der Waals surface area contributed by atoms with Gasteiger partial charge in [0.05, 0.1) is 48.1 Å². The second-order valence-electron chi connectivity index (χ2n) is 12.0. The zero-order chi connectivity index (χ0) is 36.2. The minimum absolute atomic E-state index is 0.0304. The fourth-order valence-electron chi connectivity index (χ4n) is 6.02. The first kappa shape index (κ1) is 36.7. The number of carbonyl (C=O) groups excluding carboxylic acids is 2. The van der Waals surface area contributed by atoms with E-state index in [2.05, 4.69) is 49.6 Å². The summed E-state index contributed by atoms with van der Waals surface area (Å²) in [5.41, 5.74) is 3.42. The molecule has 3 aromatic carbocycles. The molecule has 0 atom stereocenters. The Bertz CT molecular complexity index is 2060. The Balaban J connectivity index is 1.14. The molecule has 1 aliphatic rings. The lowest BCUT2D eigenvalue weighted by molar-refractivity contribution is 0.0888. The molecular weight excluding hydrogens is 730 g/mol. The van der Waals surface area contributed by atoms with Crippen molar-refractivity contribution < 1.29 is 9.59 Å². The minimum atomic E-state index is -1.22. The van der Waals surface area contributed by atoms with Gasteiger partial charge in [-0.1, -0.05) is 97.5 Å². The van der Waals surface area contributed by atoms with Crippen LogP contribution in [0.3, 0.4) is 0 Å². The zero-order valence-electron chi connectivity index (χ0n) is 28.3. The Morgan fingerprint density at radius 1 is 0.725 bits per heavy atom. The van der Waals surface area contributed by atoms with Crippen molar-refractivity contribution in [3.8, 4) is 0 Å². The monoisotopic (exact) mass is 764 g/mol. The van der Waals surface area contributed by atoms with Crippen molar-refractivity contribution in [2.75, 3.05) is 42.1 Å². The lowest BCUT2D eigenvalue weighted by Gasteiger charge is -2.17. The number of ketones is 2. The third kappa shape index (κ3) is 7.76. The maximum absolute atomic E-state index is 13.5. The number of fused-ring (bicyclic) bond motifs is 2. The zero-order valence-corrected chi connectivity index (χ0v) is 31.3. The van der Waals surface area contributed by atoms with E-state index in [1.165, 1.54) is 0 Å². The molecule has 264 valence electrons. The van der Waals surface area contributed by atoms with E-state index in [-0.39, 0.29) is 36.9 Å². The average Bonchev–Trinajstić information content (AvgIpc) is 3.41. The number of rotatable bonds is 14. The molecule has 14 heteroatoms. The number of pyridine rings is 1. The lowest BCUT2D eigenvalue weighted by atomic mass is 9.98. The quantitative estimate of drug-likeness (QED) is 0.0436. The molecule has 0 radical (unpaired) electrons. The van der Waals surface area contributed by atoms with E-state index in [0.29, 0.717) is 36.2 Å². The van der Waals surface area contributed by atoms with Crippen LogP contribution in [0.25, 0.3) is 10.9 Å². The second-order valence-corrected chi connectivity index (χ2v) is 13.5. The molecule has 0 fully saturated rings. The van der Waals surface area contributed by atoms with Crippen LogP contribution < -0.4 is 16.0 Å². The highest BCUT2D eigenvalue weighted by Gasteiger charge is 2.45. The number of carbonyl (C=O) groups is 2. The fourth-order valence-corrected chi connectivity index (χ4v) is 7.06. The van der Waals surface area contributed by atoms with Gasteiger partial charge < -0.3 is 20.9 Å². The summed E-state index contributed by atoms with van der Waals surface area (Å²) in [5.74, 6) is -0.511. The van der Waals surface area contributed by atoms with Crippen LogP contribution in [0.5, 0.6) is 0 Å². The van der Waals surface area contributed by atoms with E-state index < -0.39 is 17.5 Å². The normalized spacial score (nSPS) is 12.9. The SMILES string of the molecule is CCc1nc(NCCCN(CC)CC)nc(Nc2ccc(CNc3cccc4ccc(C5C(=O)c6c(Cl)c(Cl)c(Cl)c(Cl)c6C5=O)nc34)cc2)n1. The Morgan fingerprint density at radius 2 is 1.39 bits per heavy atom. The number of Topliss-reactive ketones (excluding diaryl/α,β-unsaturated/α-hetero) is 2. The number of anilines is 4. The van der Waals surface area contributed by atoms with Gasteiger partial charge in [-0.15, -0.1) is 0 Å². The largest absolute Gasteiger partial charge is 0.379 e. The molecule has 0 saturated carbocycles. The van der Waals surface area contributed by atoms with Crippen molar-refractivity contribution in [1.82, 2.24) is 24.8 Å². The van der Waals surface area contributed by atoms with E-state index in [1.807, 2.05) is 55.5 Å². The second kappa shape index (κ2) is 16.1. The van der Waals surface area contributed by atoms with Gasteiger partial charge in [-0.25, -0.2) is 4.98 Å². The number of nitrogens with one attached hydrogen (secondary N) is 3. The molecule has 0 bridgehead atoms. The first-order valence-corrected chi connectivity index (χ1v) is 18.3. The molecule has 1 aliphatic carbocycles. The Kier molecular flexibility index (Phi) is 11.6. The molecule has 0 spiro atoms. The number of hydrogen-bond acceptors (Lipinski definition) is 10. The molecule has 3 N–H and O–H groups in total. The van der Waals surface area contributed by atoms with Crippen molar-refractivity contribution in [3.05, 3.63) is 103 Å². The van der Waals surface area contributed by atoms with E-state index in [4.69, 9.17) is 51.4 Å². The van der Waals surface area contributed by atoms with Crippen LogP contribution in [0.1, 0.15) is 70.9 Å². The van der Waals surface area contributed by atoms with E-state index in [9.17, 15) is 9.59 Å². The van der Waals surface area contributed by atoms with Gasteiger partial charge in [0.15, 0.2) is 11.6 Å². The van der Waals surface area contributed by atoms with Gasteiger partial charge in [0.25, 0.3) is 0 Å². The van der Waals surface area contributed by atoms with E-state index >= 15 is 0 Å². The maximum Gasteiger partial charge on any atom is 0.232 e. The van der Waals surface area contributed by atoms with E-state index in [1.54, 1.807) is 6.07 Å². The summed E-state index contributed by atoms with van der Waals surface area (Å²) in [6, 6.07) is 17.2. The highest BCUT2D eigenvalue weighted by Crippen LogP contribution is 2.48. The molecule has 10 nitrogen and oxygen atoms in total. The first-order chi connectivity index (χ1) is 24.6. The Hall–Kier alpha value is -4.06. The number of benzene rings is 3. The smallest absolute Gasteiger partial charge is 0.232 e. The molecule has 2 heterocycles. The Morgan fingerprint density at radius 3 is 2.04 bits per heavy atom. The third-order valence-corrected chi connectivity index (χ3v) is 10.6. The van der Waals surface area contributed by atoms with Gasteiger partial charge in [0.2, 0.25) is 11.9 Å². The highest BCUT2D eigenvalue weighted by molar-refractivity contribution is 6.55. The molecule has 0 unspecified atom stereocenters. The number of aryl methyl sites for hydroxylation is 1. The summed E-state index contributed by atoms with van der Waals surface area (Å²) < 4.78 is 0. The predicted octanol–water partition coefficient (Wildman–Crippen LogP) is 9.26. The number of aromatic nitrogens is 4. The van der Waals surface area contributed by atoms with Crippen molar-refractivity contribution >= 4 is 92.1 Å². The van der Waals surface area contributed by atoms with Crippen LogP contribution >= 0.6 is 46.4 Å². The summed E-state index contributed by atoms with van der Waals surface area (Å²) in [7, 11) is 0. The number of para-hydroxylation sites is 1. The van der Waals surface area contributed by atoms with Crippen LogP contribution in [0.4, 0.5) is 23.3 Å². The van der Waals surface area contributed by atoms with E-state index in [0.717, 1.165) is 54.9 Å². The third-order valence-electron chi connectivity index (χ3n) is 8.84. The van der Waals surface area contributed by atoms with Crippen molar-refractivity contribution in [2.24, 2.45) is 0 Å². The van der Waals surface area contributed by atoms with Gasteiger partial charge in [-0.3, -0.25) is 9.59 Å². The molecule has 0 amide bonds. The van der Waals surface area contributed by atoms with Gasteiger partial charge in [0, 0.05) is 30.6 Å². The number of nitrogens with zero attached hydrogens (tertiary/aromatic N) is 5. The van der Waals surface area contributed by atoms with Crippen molar-refractivity contribution in [1.29, 1.82) is 0 Å². The van der Waals surface area contributed by atoms with Gasteiger partial charge in [-0.2, -0.15) is 15.0 Å². The van der Waals surface area contributed by atoms with Crippen LogP contribution in [-0.2, 0) is 13.0 Å². The molecule has 6 rings (SSSR count). The summed E-state index contributed by atoms with van der Waals surface area (Å²) in [5, 5.41) is 10.6. The Labute approximate surface area is 316 Å². The summed E-state index contributed by atoms with van der Waals surface area (Å²) in [6.07, 6.45) is 1.68. The van der Waals surface area contributed by atoms with Gasteiger partial charge in [-0.05, 0) is 55.9 Å². The lowest BCUT2D eigenvalue weighted by Crippen LogP contribution is -2.25. The van der Waals surface area contributed by atoms with Crippen molar-refractivity contribution in [3.63, 3.8) is 0 Å².